The predicted octanol–water partition coefficient (Wildman–Crippen LogP) is 3.54. The number of thiophene rings is 1. The van der Waals surface area contributed by atoms with E-state index < -0.39 is 0 Å². The number of thiazole rings is 1. The number of hydrogen-bond acceptors (Lipinski definition) is 7. The van der Waals surface area contributed by atoms with Crippen LogP contribution in [0.2, 0.25) is 0 Å². The Morgan fingerprint density at radius 2 is 1.97 bits per heavy atom. The number of aromatic nitrogens is 1. The maximum Gasteiger partial charge on any atom is 0.206 e. The van der Waals surface area contributed by atoms with Crippen molar-refractivity contribution < 1.29 is 9.47 Å². The van der Waals surface area contributed by atoms with Gasteiger partial charge in [0.25, 0.3) is 0 Å². The van der Waals surface area contributed by atoms with Crippen LogP contribution >= 0.6 is 22.7 Å². The van der Waals surface area contributed by atoms with E-state index in [0.717, 1.165) is 42.4 Å². The molecule has 0 saturated carbocycles. The van der Waals surface area contributed by atoms with E-state index in [0.29, 0.717) is 13.2 Å². The lowest BCUT2D eigenvalue weighted by Gasteiger charge is -2.28. The SMILES string of the molecule is COCCN=c1scc(-c2cccs2)n1/N=C/c1ccc(N2CCOCC2)cc1. The summed E-state index contributed by atoms with van der Waals surface area (Å²) < 4.78 is 12.5. The zero-order valence-electron chi connectivity index (χ0n) is 16.4. The summed E-state index contributed by atoms with van der Waals surface area (Å²) in [7, 11) is 1.69. The van der Waals surface area contributed by atoms with Crippen LogP contribution in [0.15, 0.2) is 57.3 Å². The van der Waals surface area contributed by atoms with Crippen molar-refractivity contribution in [3.63, 3.8) is 0 Å². The van der Waals surface area contributed by atoms with E-state index in [1.54, 1.807) is 29.8 Å². The Morgan fingerprint density at radius 3 is 2.69 bits per heavy atom. The summed E-state index contributed by atoms with van der Waals surface area (Å²) in [5.74, 6) is 0. The number of morpholine rings is 1. The van der Waals surface area contributed by atoms with E-state index in [1.807, 2.05) is 10.9 Å². The highest BCUT2D eigenvalue weighted by Crippen LogP contribution is 2.25. The van der Waals surface area contributed by atoms with Crippen LogP contribution < -0.4 is 9.70 Å². The Kier molecular flexibility index (Phi) is 6.89. The van der Waals surface area contributed by atoms with Gasteiger partial charge in [0, 0.05) is 31.3 Å². The summed E-state index contributed by atoms with van der Waals surface area (Å²) in [6.07, 6.45) is 1.89. The molecule has 4 rings (SSSR count). The van der Waals surface area contributed by atoms with Crippen molar-refractivity contribution in [1.29, 1.82) is 0 Å². The first-order valence-corrected chi connectivity index (χ1v) is 11.3. The van der Waals surface area contributed by atoms with Gasteiger partial charge in [0.05, 0.1) is 43.2 Å². The fraction of sp³-hybridized carbons (Fsp3) is 0.333. The molecule has 3 heterocycles. The van der Waals surface area contributed by atoms with Crippen LogP contribution in [0.1, 0.15) is 5.56 Å². The number of hydrogen-bond donors (Lipinski definition) is 0. The molecule has 29 heavy (non-hydrogen) atoms. The van der Waals surface area contributed by atoms with Gasteiger partial charge in [0.15, 0.2) is 0 Å². The van der Waals surface area contributed by atoms with E-state index in [1.165, 1.54) is 10.6 Å². The molecule has 0 unspecified atom stereocenters. The van der Waals surface area contributed by atoms with Crippen molar-refractivity contribution in [2.75, 3.05) is 51.5 Å². The molecule has 3 aromatic rings. The van der Waals surface area contributed by atoms with Gasteiger partial charge in [-0.2, -0.15) is 5.10 Å². The smallest absolute Gasteiger partial charge is 0.206 e. The topological polar surface area (TPSA) is 51.3 Å². The summed E-state index contributed by atoms with van der Waals surface area (Å²) in [4.78, 5) is 9.03. The molecule has 0 amide bonds. The van der Waals surface area contributed by atoms with E-state index in [-0.39, 0.29) is 0 Å². The highest BCUT2D eigenvalue weighted by atomic mass is 32.1. The second-order valence-electron chi connectivity index (χ2n) is 6.50. The van der Waals surface area contributed by atoms with E-state index in [2.05, 4.69) is 57.1 Å². The van der Waals surface area contributed by atoms with E-state index in [9.17, 15) is 0 Å². The highest BCUT2D eigenvalue weighted by molar-refractivity contribution is 7.14. The number of methoxy groups -OCH3 is 1. The first kappa shape index (κ1) is 20.0. The van der Waals surface area contributed by atoms with Crippen LogP contribution in [-0.4, -0.2) is 57.5 Å². The van der Waals surface area contributed by atoms with E-state index >= 15 is 0 Å². The Hall–Kier alpha value is -2.26. The number of rotatable bonds is 7. The minimum Gasteiger partial charge on any atom is -0.383 e. The van der Waals surface area contributed by atoms with Crippen molar-refractivity contribution in [2.24, 2.45) is 10.1 Å². The van der Waals surface area contributed by atoms with Crippen LogP contribution in [-0.2, 0) is 9.47 Å². The molecule has 6 nitrogen and oxygen atoms in total. The first-order chi connectivity index (χ1) is 14.3. The second-order valence-corrected chi connectivity index (χ2v) is 8.29. The number of benzene rings is 1. The van der Waals surface area contributed by atoms with Crippen molar-refractivity contribution in [1.82, 2.24) is 4.68 Å². The molecular weight excluding hydrogens is 404 g/mol. The predicted molar refractivity (Wildman–Crippen MR) is 120 cm³/mol. The zero-order chi connectivity index (χ0) is 19.9. The quantitative estimate of drug-likeness (QED) is 0.427. The van der Waals surface area contributed by atoms with Gasteiger partial charge in [-0.1, -0.05) is 18.2 Å². The van der Waals surface area contributed by atoms with Crippen LogP contribution in [0.4, 0.5) is 5.69 Å². The fourth-order valence-corrected chi connectivity index (χ4v) is 4.72. The Balaban J connectivity index is 1.58. The minimum absolute atomic E-state index is 0.596. The van der Waals surface area contributed by atoms with Gasteiger partial charge in [-0.05, 0) is 29.1 Å². The Labute approximate surface area is 178 Å². The summed E-state index contributed by atoms with van der Waals surface area (Å²) in [5, 5.41) is 8.94. The van der Waals surface area contributed by atoms with Crippen molar-refractivity contribution in [3.8, 4) is 10.6 Å². The lowest BCUT2D eigenvalue weighted by molar-refractivity contribution is 0.122. The molecule has 1 saturated heterocycles. The Morgan fingerprint density at radius 1 is 1.14 bits per heavy atom. The highest BCUT2D eigenvalue weighted by Gasteiger charge is 2.11. The van der Waals surface area contributed by atoms with E-state index in [4.69, 9.17) is 14.6 Å². The third-order valence-electron chi connectivity index (χ3n) is 4.59. The third kappa shape index (κ3) is 5.02. The molecule has 0 radical (unpaired) electrons. The summed E-state index contributed by atoms with van der Waals surface area (Å²) >= 11 is 3.30. The molecule has 0 N–H and O–H groups in total. The maximum atomic E-state index is 5.43. The largest absolute Gasteiger partial charge is 0.383 e. The molecule has 1 fully saturated rings. The summed E-state index contributed by atoms with van der Waals surface area (Å²) in [5.41, 5.74) is 3.34. The van der Waals surface area contributed by atoms with Gasteiger partial charge in [-0.3, -0.25) is 4.99 Å². The van der Waals surface area contributed by atoms with Gasteiger partial charge in [0.1, 0.15) is 0 Å². The lowest BCUT2D eigenvalue weighted by atomic mass is 10.2. The van der Waals surface area contributed by atoms with Crippen molar-refractivity contribution >= 4 is 34.6 Å². The van der Waals surface area contributed by atoms with Crippen LogP contribution in [0.5, 0.6) is 0 Å². The molecule has 1 aromatic carbocycles. The molecule has 1 aliphatic heterocycles. The fourth-order valence-electron chi connectivity index (χ4n) is 3.06. The molecule has 0 spiro atoms. The molecule has 0 bridgehead atoms. The van der Waals surface area contributed by atoms with Crippen LogP contribution in [0.25, 0.3) is 10.6 Å². The van der Waals surface area contributed by atoms with Gasteiger partial charge < -0.3 is 14.4 Å². The van der Waals surface area contributed by atoms with Gasteiger partial charge in [-0.25, -0.2) is 4.68 Å². The van der Waals surface area contributed by atoms with Crippen LogP contribution in [0, 0.1) is 0 Å². The molecule has 2 aromatic heterocycles. The second kappa shape index (κ2) is 9.98. The Bertz CT molecular complexity index is 985. The minimum atomic E-state index is 0.596. The number of ether oxygens (including phenoxy) is 2. The number of anilines is 1. The zero-order valence-corrected chi connectivity index (χ0v) is 18.0. The summed E-state index contributed by atoms with van der Waals surface area (Å²) in [6.45, 7) is 4.67. The van der Waals surface area contributed by atoms with Crippen molar-refractivity contribution in [3.05, 3.63) is 57.5 Å². The molecule has 1 aliphatic rings. The average molecular weight is 429 g/mol. The number of nitrogens with zero attached hydrogens (tertiary/aromatic N) is 4. The third-order valence-corrected chi connectivity index (χ3v) is 6.34. The normalized spacial score (nSPS) is 15.5. The average Bonchev–Trinajstić information content (AvgIpc) is 3.43. The maximum absolute atomic E-state index is 5.43. The monoisotopic (exact) mass is 428 g/mol. The lowest BCUT2D eigenvalue weighted by Crippen LogP contribution is -2.36. The molecule has 0 aliphatic carbocycles. The van der Waals surface area contributed by atoms with Crippen LogP contribution in [0.3, 0.4) is 0 Å². The van der Waals surface area contributed by atoms with Gasteiger partial charge >= 0.3 is 0 Å². The van der Waals surface area contributed by atoms with Gasteiger partial charge in [0.2, 0.25) is 4.80 Å². The first-order valence-electron chi connectivity index (χ1n) is 9.56. The molecular formula is C21H24N4O2S2. The summed E-state index contributed by atoms with van der Waals surface area (Å²) in [6, 6.07) is 12.7. The van der Waals surface area contributed by atoms with Gasteiger partial charge in [-0.15, -0.1) is 22.7 Å². The molecule has 152 valence electrons. The molecule has 0 atom stereocenters. The molecule has 8 heteroatoms. The standard InChI is InChI=1S/C21H24N4O2S2/c1-26-11-8-22-21-25(19(16-29-21)20-3-2-14-28-20)23-15-17-4-6-18(7-5-17)24-9-12-27-13-10-24/h2-7,14-16H,8-13H2,1H3/b22-21?,23-15+. The van der Waals surface area contributed by atoms with Crippen molar-refractivity contribution in [2.45, 2.75) is 0 Å².